The van der Waals surface area contributed by atoms with Gasteiger partial charge in [0.2, 0.25) is 0 Å². The van der Waals surface area contributed by atoms with Crippen molar-refractivity contribution in [3.05, 3.63) is 0 Å². The molecular weight excluding hydrogens is 716 g/mol. The standard InChI is InChI=1S/C41H70O14/c1-19(8-9-25(45)37(4,5)51)27-20(43)15-39(7)24-14-22(53-35-32(50)30(48)29(47)23(16-42)54-35)33-36(2,3)26(55-34-31(49)28(46)21(44)17-52-34)10-11-41(33)18-40(24,41)13-12-38(27,39)6/h19-35,42-51H,8-18H2,1-7H3/t19-,20+,21+,22+,23+,24-,25-,26+,27+,28-,29+,30-,31+,32-,33+,34-,35+,38-,39-,40+,41-/m1/s1. The molecule has 0 amide bonds. The number of hydrogen-bond acceptors (Lipinski definition) is 14. The van der Waals surface area contributed by atoms with Crippen molar-refractivity contribution in [1.82, 2.24) is 0 Å². The van der Waals surface area contributed by atoms with E-state index >= 15 is 0 Å². The third-order valence-electron chi connectivity index (χ3n) is 17.3. The van der Waals surface area contributed by atoms with E-state index in [0.29, 0.717) is 32.1 Å². The van der Waals surface area contributed by atoms with Crippen LogP contribution in [0.2, 0.25) is 0 Å². The Balaban J connectivity index is 1.22. The molecule has 0 aromatic rings. The first-order valence-electron chi connectivity index (χ1n) is 20.9. The van der Waals surface area contributed by atoms with E-state index in [9.17, 15) is 51.1 Å². The van der Waals surface area contributed by atoms with Gasteiger partial charge in [-0.15, -0.1) is 0 Å². The zero-order valence-electron chi connectivity index (χ0n) is 33.7. The predicted molar refractivity (Wildman–Crippen MR) is 196 cm³/mol. The largest absolute Gasteiger partial charge is 0.394 e. The maximum Gasteiger partial charge on any atom is 0.186 e. The highest BCUT2D eigenvalue weighted by Gasteiger charge is 2.84. The normalized spacial score (nSPS) is 54.4. The summed E-state index contributed by atoms with van der Waals surface area (Å²) in [5.41, 5.74) is -2.64. The van der Waals surface area contributed by atoms with E-state index < -0.39 is 97.3 Å². The summed E-state index contributed by atoms with van der Waals surface area (Å²) in [6.45, 7) is 13.5. The molecule has 2 saturated heterocycles. The fourth-order valence-electron chi connectivity index (χ4n) is 14.2. The minimum Gasteiger partial charge on any atom is -0.394 e. The van der Waals surface area contributed by atoms with Crippen LogP contribution in [0.3, 0.4) is 0 Å². The molecule has 14 nitrogen and oxygen atoms in total. The average molecular weight is 787 g/mol. The maximum atomic E-state index is 12.0. The Bertz CT molecular complexity index is 1390. The second-order valence-electron chi connectivity index (χ2n) is 20.7. The quantitative estimate of drug-likeness (QED) is 0.136. The van der Waals surface area contributed by atoms with Crippen LogP contribution < -0.4 is 0 Å². The second kappa shape index (κ2) is 14.3. The number of aliphatic hydroxyl groups excluding tert-OH is 9. The first kappa shape index (κ1) is 42.6. The summed E-state index contributed by atoms with van der Waals surface area (Å²) < 4.78 is 25.1. The zero-order chi connectivity index (χ0) is 40.4. The van der Waals surface area contributed by atoms with Crippen molar-refractivity contribution >= 4 is 0 Å². The van der Waals surface area contributed by atoms with Crippen molar-refractivity contribution in [3.63, 3.8) is 0 Å². The number of ether oxygens (including phenoxy) is 4. The van der Waals surface area contributed by atoms with Gasteiger partial charge in [-0.05, 0) is 122 Å². The van der Waals surface area contributed by atoms with E-state index in [0.717, 1.165) is 25.7 Å². The fraction of sp³-hybridized carbons (Fsp3) is 1.00. The molecule has 7 aliphatic rings. The van der Waals surface area contributed by atoms with Crippen molar-refractivity contribution < 1.29 is 70.0 Å². The van der Waals surface area contributed by atoms with Gasteiger partial charge in [-0.3, -0.25) is 0 Å². The molecule has 5 saturated carbocycles. The summed E-state index contributed by atoms with van der Waals surface area (Å²) >= 11 is 0. The lowest BCUT2D eigenvalue weighted by Gasteiger charge is -2.65. The van der Waals surface area contributed by atoms with E-state index in [1.165, 1.54) is 0 Å². The molecule has 0 bridgehead atoms. The fourth-order valence-corrected chi connectivity index (χ4v) is 14.2. The van der Waals surface area contributed by atoms with Gasteiger partial charge in [-0.2, -0.15) is 0 Å². The van der Waals surface area contributed by atoms with E-state index in [1.54, 1.807) is 13.8 Å². The molecule has 7 fully saturated rings. The molecule has 0 aromatic heterocycles. The van der Waals surface area contributed by atoms with Gasteiger partial charge in [-0.25, -0.2) is 0 Å². The molecule has 14 heteroatoms. The number of fused-ring (bicyclic) bond motifs is 2. The Hall–Kier alpha value is -0.560. The molecule has 5 aliphatic carbocycles. The Labute approximate surface area is 325 Å². The van der Waals surface area contributed by atoms with Crippen LogP contribution >= 0.6 is 0 Å². The van der Waals surface area contributed by atoms with E-state index in [2.05, 4.69) is 34.6 Å². The van der Waals surface area contributed by atoms with Crippen molar-refractivity contribution in [2.24, 2.45) is 50.7 Å². The van der Waals surface area contributed by atoms with Crippen LogP contribution in [0.1, 0.15) is 106 Å². The summed E-state index contributed by atoms with van der Waals surface area (Å²) in [6, 6.07) is 0. The number of hydrogen-bond donors (Lipinski definition) is 10. The molecule has 318 valence electrons. The Morgan fingerprint density at radius 3 is 2.11 bits per heavy atom. The Morgan fingerprint density at radius 1 is 0.782 bits per heavy atom. The summed E-state index contributed by atoms with van der Waals surface area (Å²) in [4.78, 5) is 0. The van der Waals surface area contributed by atoms with Gasteiger partial charge in [0.25, 0.3) is 0 Å². The highest BCUT2D eigenvalue weighted by molar-refractivity contribution is 5.32. The molecule has 2 heterocycles. The van der Waals surface area contributed by atoms with Gasteiger partial charge >= 0.3 is 0 Å². The van der Waals surface area contributed by atoms with Crippen LogP contribution in [-0.2, 0) is 18.9 Å². The van der Waals surface area contributed by atoms with E-state index in [1.807, 2.05) is 0 Å². The highest BCUT2D eigenvalue weighted by atomic mass is 16.7. The monoisotopic (exact) mass is 786 g/mol. The minimum atomic E-state index is -1.60. The lowest BCUT2D eigenvalue weighted by molar-refractivity contribution is -0.338. The minimum absolute atomic E-state index is 0.0301. The lowest BCUT2D eigenvalue weighted by atomic mass is 9.41. The summed E-state index contributed by atoms with van der Waals surface area (Å²) in [7, 11) is 0. The number of aliphatic hydroxyl groups is 10. The van der Waals surface area contributed by atoms with Crippen molar-refractivity contribution in [2.45, 2.75) is 192 Å². The smallest absolute Gasteiger partial charge is 0.186 e. The summed E-state index contributed by atoms with van der Waals surface area (Å²) in [5, 5.41) is 107. The van der Waals surface area contributed by atoms with Gasteiger partial charge in [-0.1, -0.05) is 34.6 Å². The molecule has 2 aliphatic heterocycles. The third-order valence-corrected chi connectivity index (χ3v) is 17.3. The second-order valence-corrected chi connectivity index (χ2v) is 20.7. The van der Waals surface area contributed by atoms with Crippen LogP contribution in [0.5, 0.6) is 0 Å². The van der Waals surface area contributed by atoms with Gasteiger partial charge < -0.3 is 70.0 Å². The van der Waals surface area contributed by atoms with Gasteiger partial charge in [0.1, 0.15) is 42.7 Å². The van der Waals surface area contributed by atoms with Crippen LogP contribution in [0.4, 0.5) is 0 Å². The Morgan fingerprint density at radius 2 is 1.45 bits per heavy atom. The zero-order valence-corrected chi connectivity index (χ0v) is 33.7. The van der Waals surface area contributed by atoms with Gasteiger partial charge in [0, 0.05) is 0 Å². The Kier molecular flexibility index (Phi) is 11.1. The van der Waals surface area contributed by atoms with E-state index in [4.69, 9.17) is 18.9 Å². The van der Waals surface area contributed by atoms with Crippen LogP contribution in [0.15, 0.2) is 0 Å². The highest BCUT2D eigenvalue weighted by Crippen LogP contribution is 2.89. The summed E-state index contributed by atoms with van der Waals surface area (Å²) in [5.74, 6) is 0.0163. The van der Waals surface area contributed by atoms with Crippen molar-refractivity contribution in [2.75, 3.05) is 13.2 Å². The average Bonchev–Trinajstić information content (AvgIpc) is 3.71. The van der Waals surface area contributed by atoms with Crippen molar-refractivity contribution in [3.8, 4) is 0 Å². The molecule has 0 aromatic carbocycles. The molecule has 21 atom stereocenters. The van der Waals surface area contributed by atoms with Crippen LogP contribution in [-0.4, -0.2) is 150 Å². The molecule has 2 spiro atoms. The molecule has 55 heavy (non-hydrogen) atoms. The maximum absolute atomic E-state index is 12.0. The first-order valence-corrected chi connectivity index (χ1v) is 20.9. The van der Waals surface area contributed by atoms with E-state index in [-0.39, 0.29) is 51.9 Å². The third kappa shape index (κ3) is 6.33. The molecular formula is C41H70O14. The number of rotatable bonds is 10. The molecule has 10 N–H and O–H groups in total. The SMILES string of the molecule is C[C@H](CC[C@@H](O)C(C)(C)O)[C@H]1[C@@H](O)C[C@]2(C)[C@H]3C[C@H](O[C@H]4O[C@@H](CO)[C@H](O)[C@@H](O)[C@H]4O)[C@H]4C(C)(C)[C@@H](O[C@H]5OC[C@H](O)[C@@H](O)[C@@H]5O)CC[C@@]45C[C@@]35CC[C@]12C. The summed E-state index contributed by atoms with van der Waals surface area (Å²) in [6.07, 6.45) is -8.32. The van der Waals surface area contributed by atoms with Gasteiger partial charge in [0.15, 0.2) is 12.6 Å². The van der Waals surface area contributed by atoms with Gasteiger partial charge in [0.05, 0.1) is 43.2 Å². The lowest BCUT2D eigenvalue weighted by Crippen LogP contribution is -2.65. The van der Waals surface area contributed by atoms with Crippen LogP contribution in [0.25, 0.3) is 0 Å². The van der Waals surface area contributed by atoms with Crippen molar-refractivity contribution in [1.29, 1.82) is 0 Å². The topological polar surface area (TPSA) is 239 Å². The first-order chi connectivity index (χ1) is 25.5. The molecule has 0 unspecified atom stereocenters. The molecule has 7 rings (SSSR count). The van der Waals surface area contributed by atoms with Crippen LogP contribution in [0, 0.1) is 50.7 Å². The predicted octanol–water partition coefficient (Wildman–Crippen LogP) is 0.564. The molecule has 0 radical (unpaired) electrons.